The zero-order valence-electron chi connectivity index (χ0n) is 17.6. The van der Waals surface area contributed by atoms with Crippen LogP contribution in [0.15, 0.2) is 12.1 Å². The number of phenols is 1. The van der Waals surface area contributed by atoms with E-state index in [2.05, 4.69) is 41.5 Å². The first-order chi connectivity index (χ1) is 11.6. The number of Topliss-reactive ketones (excluding diaryl/α,β-unsaturated/α-hetero) is 2. The summed E-state index contributed by atoms with van der Waals surface area (Å²) in [6.45, 7) is 16.4. The van der Waals surface area contributed by atoms with Crippen LogP contribution in [-0.2, 0) is 26.8 Å². The molecule has 0 spiro atoms. The van der Waals surface area contributed by atoms with Gasteiger partial charge in [0.25, 0.3) is 0 Å². The van der Waals surface area contributed by atoms with Crippen LogP contribution in [0.5, 0.6) is 5.75 Å². The smallest absolute Gasteiger partial charge is 0.144 e. The van der Waals surface area contributed by atoms with Gasteiger partial charge in [0.1, 0.15) is 17.3 Å². The summed E-state index contributed by atoms with van der Waals surface area (Å²) in [5.41, 5.74) is 2.04. The number of hydrogen-bond donors (Lipinski definition) is 1. The lowest BCUT2D eigenvalue weighted by Crippen LogP contribution is -2.38. The summed E-state index contributed by atoms with van der Waals surface area (Å²) in [6.07, 6.45) is 1.35. The third-order valence-electron chi connectivity index (χ3n) is 5.31. The SMILES string of the molecule is CC1(C)CC(=O)C(Cc2cc(C(C)(C)C)c(O)c(C(C)(C)C)c2)C(=O)C1. The van der Waals surface area contributed by atoms with Gasteiger partial charge in [0.05, 0.1) is 5.92 Å². The quantitative estimate of drug-likeness (QED) is 0.748. The van der Waals surface area contributed by atoms with Crippen LogP contribution in [0.2, 0.25) is 0 Å². The maximum atomic E-state index is 12.6. The fourth-order valence-corrected chi connectivity index (χ4v) is 3.85. The van der Waals surface area contributed by atoms with Crippen LogP contribution in [0.4, 0.5) is 0 Å². The molecular formula is C23H34O3. The van der Waals surface area contributed by atoms with Crippen molar-refractivity contribution in [3.8, 4) is 5.75 Å². The largest absolute Gasteiger partial charge is 0.507 e. The van der Waals surface area contributed by atoms with Gasteiger partial charge in [-0.05, 0) is 39.4 Å². The van der Waals surface area contributed by atoms with Gasteiger partial charge < -0.3 is 5.11 Å². The van der Waals surface area contributed by atoms with E-state index in [1.807, 2.05) is 26.0 Å². The monoisotopic (exact) mass is 358 g/mol. The van der Waals surface area contributed by atoms with Crippen LogP contribution >= 0.6 is 0 Å². The van der Waals surface area contributed by atoms with Crippen LogP contribution in [0.3, 0.4) is 0 Å². The number of phenolic OH excluding ortho intramolecular Hbond substituents is 1. The van der Waals surface area contributed by atoms with Gasteiger partial charge in [0.2, 0.25) is 0 Å². The number of ketones is 2. The highest BCUT2D eigenvalue weighted by atomic mass is 16.3. The van der Waals surface area contributed by atoms with Crippen molar-refractivity contribution in [3.05, 3.63) is 28.8 Å². The highest BCUT2D eigenvalue weighted by Crippen LogP contribution is 2.41. The maximum Gasteiger partial charge on any atom is 0.144 e. The minimum atomic E-state index is -0.548. The molecule has 0 atom stereocenters. The number of carbonyl (C=O) groups is 2. The number of hydrogen-bond acceptors (Lipinski definition) is 3. The van der Waals surface area contributed by atoms with E-state index in [4.69, 9.17) is 0 Å². The second-order valence-corrected chi connectivity index (χ2v) is 10.7. The molecule has 1 aromatic rings. The zero-order chi connectivity index (χ0) is 20.1. The second-order valence-electron chi connectivity index (χ2n) is 10.7. The molecule has 3 nitrogen and oxygen atoms in total. The molecule has 1 aliphatic carbocycles. The predicted molar refractivity (Wildman–Crippen MR) is 106 cm³/mol. The van der Waals surface area contributed by atoms with E-state index in [9.17, 15) is 14.7 Å². The fourth-order valence-electron chi connectivity index (χ4n) is 3.85. The Hall–Kier alpha value is -1.64. The van der Waals surface area contributed by atoms with E-state index in [0.717, 1.165) is 16.7 Å². The van der Waals surface area contributed by atoms with Crippen molar-refractivity contribution in [3.63, 3.8) is 0 Å². The summed E-state index contributed by atoms with van der Waals surface area (Å²) < 4.78 is 0. The summed E-state index contributed by atoms with van der Waals surface area (Å²) in [5, 5.41) is 10.8. The molecule has 0 amide bonds. The molecule has 1 aliphatic rings. The van der Waals surface area contributed by atoms with Crippen LogP contribution in [0.1, 0.15) is 84.9 Å². The molecule has 1 fully saturated rings. The van der Waals surface area contributed by atoms with Crippen molar-refractivity contribution in [2.75, 3.05) is 0 Å². The Morgan fingerprint density at radius 2 is 1.31 bits per heavy atom. The van der Waals surface area contributed by atoms with Crippen molar-refractivity contribution in [2.45, 2.75) is 85.5 Å². The Morgan fingerprint density at radius 3 is 1.65 bits per heavy atom. The van der Waals surface area contributed by atoms with E-state index in [0.29, 0.717) is 25.0 Å². The van der Waals surface area contributed by atoms with Crippen molar-refractivity contribution >= 4 is 11.6 Å². The molecule has 0 aromatic heterocycles. The van der Waals surface area contributed by atoms with E-state index in [1.165, 1.54) is 0 Å². The molecule has 0 aliphatic heterocycles. The Morgan fingerprint density at radius 1 is 0.923 bits per heavy atom. The van der Waals surface area contributed by atoms with Crippen LogP contribution in [0, 0.1) is 11.3 Å². The van der Waals surface area contributed by atoms with Gasteiger partial charge in [0.15, 0.2) is 0 Å². The van der Waals surface area contributed by atoms with Crippen LogP contribution in [-0.4, -0.2) is 16.7 Å². The molecule has 0 unspecified atom stereocenters. The van der Waals surface area contributed by atoms with Crippen LogP contribution in [0.25, 0.3) is 0 Å². The van der Waals surface area contributed by atoms with Gasteiger partial charge in [-0.15, -0.1) is 0 Å². The molecule has 144 valence electrons. The maximum absolute atomic E-state index is 12.6. The van der Waals surface area contributed by atoms with Crippen molar-refractivity contribution in [1.82, 2.24) is 0 Å². The fraction of sp³-hybridized carbons (Fsp3) is 0.652. The Bertz CT molecular complexity index is 672. The molecule has 2 rings (SSSR count). The molecule has 0 bridgehead atoms. The minimum Gasteiger partial charge on any atom is -0.507 e. The lowest BCUT2D eigenvalue weighted by molar-refractivity contribution is -0.139. The van der Waals surface area contributed by atoms with E-state index in [-0.39, 0.29) is 27.8 Å². The lowest BCUT2D eigenvalue weighted by atomic mass is 9.69. The topological polar surface area (TPSA) is 54.4 Å². The molecule has 1 aromatic carbocycles. The van der Waals surface area contributed by atoms with Gasteiger partial charge in [-0.1, -0.05) is 67.5 Å². The van der Waals surface area contributed by atoms with Gasteiger partial charge >= 0.3 is 0 Å². The number of benzene rings is 1. The highest BCUT2D eigenvalue weighted by molar-refractivity contribution is 6.05. The number of aromatic hydroxyl groups is 1. The normalized spacial score (nSPS) is 19.1. The Kier molecular flexibility index (Phi) is 5.17. The van der Waals surface area contributed by atoms with Gasteiger partial charge in [0, 0.05) is 12.8 Å². The van der Waals surface area contributed by atoms with Crippen molar-refractivity contribution in [1.29, 1.82) is 0 Å². The summed E-state index contributed by atoms with van der Waals surface area (Å²) in [6, 6.07) is 3.95. The zero-order valence-corrected chi connectivity index (χ0v) is 17.6. The summed E-state index contributed by atoms with van der Waals surface area (Å²) in [5.74, 6) is -0.118. The van der Waals surface area contributed by atoms with Gasteiger partial charge in [-0.25, -0.2) is 0 Å². The van der Waals surface area contributed by atoms with Gasteiger partial charge in [-0.2, -0.15) is 0 Å². The Labute approximate surface area is 158 Å². The van der Waals surface area contributed by atoms with E-state index >= 15 is 0 Å². The van der Waals surface area contributed by atoms with E-state index < -0.39 is 5.92 Å². The van der Waals surface area contributed by atoms with Crippen LogP contribution < -0.4 is 0 Å². The average Bonchev–Trinajstić information content (AvgIpc) is 2.40. The minimum absolute atomic E-state index is 0.0499. The molecule has 1 saturated carbocycles. The molecule has 0 saturated heterocycles. The van der Waals surface area contributed by atoms with Gasteiger partial charge in [-0.3, -0.25) is 9.59 Å². The molecule has 0 heterocycles. The first kappa shape index (κ1) is 20.7. The average molecular weight is 359 g/mol. The molecule has 3 heteroatoms. The summed E-state index contributed by atoms with van der Waals surface area (Å²) in [4.78, 5) is 25.2. The molecule has 1 N–H and O–H groups in total. The highest BCUT2D eigenvalue weighted by Gasteiger charge is 2.39. The Balaban J connectivity index is 2.47. The standard InChI is InChI=1S/C23H34O3/c1-21(2,3)16-10-14(11-17(20(16)26)22(4,5)6)9-15-18(24)12-23(7,8)13-19(15)25/h10-11,15,26H,9,12-13H2,1-8H3. The first-order valence-electron chi connectivity index (χ1n) is 9.54. The second kappa shape index (κ2) is 6.51. The third-order valence-corrected chi connectivity index (χ3v) is 5.31. The van der Waals surface area contributed by atoms with E-state index in [1.54, 1.807) is 0 Å². The molecule has 0 radical (unpaired) electrons. The summed E-state index contributed by atoms with van der Waals surface area (Å²) in [7, 11) is 0. The first-order valence-corrected chi connectivity index (χ1v) is 9.54. The van der Waals surface area contributed by atoms with Crippen molar-refractivity contribution in [2.24, 2.45) is 11.3 Å². The summed E-state index contributed by atoms with van der Waals surface area (Å²) >= 11 is 0. The lowest BCUT2D eigenvalue weighted by Gasteiger charge is -2.33. The predicted octanol–water partition coefficient (Wildman–Crippen LogP) is 5.10. The number of rotatable bonds is 2. The molecule has 26 heavy (non-hydrogen) atoms. The molecular weight excluding hydrogens is 324 g/mol. The number of carbonyl (C=O) groups excluding carboxylic acids is 2. The van der Waals surface area contributed by atoms with Crippen molar-refractivity contribution < 1.29 is 14.7 Å². The third kappa shape index (κ3) is 4.36.